The minimum atomic E-state index is -3.53. The van der Waals surface area contributed by atoms with Gasteiger partial charge in [-0.15, -0.1) is 0 Å². The number of aryl methyl sites for hydroxylation is 4. The molecule has 0 saturated carbocycles. The molecule has 0 aliphatic rings. The molecule has 1 N–H and O–H groups in total. The maximum absolute atomic E-state index is 12.5. The molecule has 0 aliphatic carbocycles. The van der Waals surface area contributed by atoms with Crippen molar-refractivity contribution in [2.24, 2.45) is 0 Å². The largest absolute Gasteiger partial charge is 0.273 e. The molecule has 114 valence electrons. The molecule has 1 aromatic heterocycles. The molecular weight excluding hydrogens is 286 g/mol. The first-order chi connectivity index (χ1) is 9.83. The minimum Gasteiger partial charge on any atom is -0.273 e. The lowest BCUT2D eigenvalue weighted by atomic mass is 10.1. The lowest BCUT2D eigenvalue weighted by Gasteiger charge is -2.12. The van der Waals surface area contributed by atoms with Gasteiger partial charge in [-0.3, -0.25) is 4.68 Å². The van der Waals surface area contributed by atoms with Crippen LogP contribution in [-0.4, -0.2) is 18.2 Å². The lowest BCUT2D eigenvalue weighted by molar-refractivity contribution is 0.577. The van der Waals surface area contributed by atoms with E-state index in [9.17, 15) is 8.42 Å². The van der Waals surface area contributed by atoms with E-state index >= 15 is 0 Å². The van der Waals surface area contributed by atoms with Crippen LogP contribution in [0.25, 0.3) is 0 Å². The van der Waals surface area contributed by atoms with Gasteiger partial charge in [0.05, 0.1) is 17.1 Å². The number of nitrogens with one attached hydrogen (secondary N) is 1. The van der Waals surface area contributed by atoms with Crippen molar-refractivity contribution < 1.29 is 8.42 Å². The van der Waals surface area contributed by atoms with Gasteiger partial charge in [0, 0.05) is 12.7 Å². The number of sulfonamides is 1. The van der Waals surface area contributed by atoms with Gasteiger partial charge in [0.25, 0.3) is 0 Å². The fourth-order valence-corrected chi connectivity index (χ4v) is 3.95. The van der Waals surface area contributed by atoms with E-state index < -0.39 is 10.0 Å². The molecule has 0 saturated heterocycles. The molecule has 1 heterocycles. The van der Waals surface area contributed by atoms with Crippen LogP contribution in [0.4, 0.5) is 0 Å². The van der Waals surface area contributed by atoms with Gasteiger partial charge in [0.2, 0.25) is 10.0 Å². The summed E-state index contributed by atoms with van der Waals surface area (Å²) in [5.74, 6) is 0. The first-order valence-electron chi connectivity index (χ1n) is 6.93. The molecule has 2 rings (SSSR count). The van der Waals surface area contributed by atoms with Crippen molar-refractivity contribution in [2.75, 3.05) is 0 Å². The van der Waals surface area contributed by atoms with E-state index in [1.165, 1.54) is 0 Å². The zero-order valence-electron chi connectivity index (χ0n) is 12.8. The minimum absolute atomic E-state index is 0.197. The fourth-order valence-electron chi connectivity index (χ4n) is 2.51. The Morgan fingerprint density at radius 3 is 2.33 bits per heavy atom. The molecule has 2 aromatic rings. The molecule has 0 amide bonds. The van der Waals surface area contributed by atoms with E-state index in [-0.39, 0.29) is 6.54 Å². The van der Waals surface area contributed by atoms with Crippen molar-refractivity contribution in [1.82, 2.24) is 14.5 Å². The van der Waals surface area contributed by atoms with Gasteiger partial charge in [-0.1, -0.05) is 17.7 Å². The zero-order chi connectivity index (χ0) is 15.6. The second-order valence-electron chi connectivity index (χ2n) is 5.22. The van der Waals surface area contributed by atoms with E-state index in [0.717, 1.165) is 23.2 Å². The highest BCUT2D eigenvalue weighted by molar-refractivity contribution is 7.89. The number of rotatable bonds is 5. The van der Waals surface area contributed by atoms with Crippen molar-refractivity contribution >= 4 is 10.0 Å². The average Bonchev–Trinajstić information content (AvgIpc) is 2.82. The normalized spacial score (nSPS) is 11.8. The summed E-state index contributed by atoms with van der Waals surface area (Å²) in [4.78, 5) is 0.364. The zero-order valence-corrected chi connectivity index (χ0v) is 13.7. The third-order valence-electron chi connectivity index (χ3n) is 3.34. The monoisotopic (exact) mass is 307 g/mol. The molecular formula is C15H21N3O2S. The van der Waals surface area contributed by atoms with Gasteiger partial charge in [-0.25, -0.2) is 13.1 Å². The van der Waals surface area contributed by atoms with Crippen molar-refractivity contribution in [1.29, 1.82) is 0 Å². The van der Waals surface area contributed by atoms with E-state index in [0.29, 0.717) is 10.6 Å². The Labute approximate surface area is 126 Å². The third-order valence-corrected chi connectivity index (χ3v) is 5.04. The summed E-state index contributed by atoms with van der Waals surface area (Å²) in [6.07, 6.45) is 1.84. The highest BCUT2D eigenvalue weighted by Gasteiger charge is 2.19. The van der Waals surface area contributed by atoms with Crippen molar-refractivity contribution in [2.45, 2.75) is 45.7 Å². The van der Waals surface area contributed by atoms with Crippen LogP contribution >= 0.6 is 0 Å². The quantitative estimate of drug-likeness (QED) is 0.922. The van der Waals surface area contributed by atoms with Crippen LogP contribution in [0.5, 0.6) is 0 Å². The van der Waals surface area contributed by atoms with Crippen molar-refractivity contribution in [3.63, 3.8) is 0 Å². The number of hydrogen-bond donors (Lipinski definition) is 1. The molecule has 0 aliphatic heterocycles. The standard InChI is InChI=1S/C15H21N3O2S/c1-5-18-7-6-14(17-18)10-16-21(19,20)15-12(3)8-11(2)9-13(15)4/h6-9,16H,5,10H2,1-4H3. The van der Waals surface area contributed by atoms with Gasteiger partial charge in [-0.05, 0) is 44.9 Å². The molecule has 21 heavy (non-hydrogen) atoms. The average molecular weight is 307 g/mol. The highest BCUT2D eigenvalue weighted by atomic mass is 32.2. The van der Waals surface area contributed by atoms with Crippen LogP contribution in [0, 0.1) is 20.8 Å². The molecule has 0 radical (unpaired) electrons. The predicted molar refractivity (Wildman–Crippen MR) is 82.6 cm³/mol. The molecule has 0 unspecified atom stereocenters. The van der Waals surface area contributed by atoms with Crippen LogP contribution in [0.15, 0.2) is 29.3 Å². The Bertz CT molecular complexity index is 725. The highest BCUT2D eigenvalue weighted by Crippen LogP contribution is 2.21. The van der Waals surface area contributed by atoms with Crippen LogP contribution in [0.3, 0.4) is 0 Å². The second kappa shape index (κ2) is 5.99. The number of hydrogen-bond acceptors (Lipinski definition) is 3. The van der Waals surface area contributed by atoms with Crippen LogP contribution < -0.4 is 4.72 Å². The SMILES string of the molecule is CCn1ccc(CNS(=O)(=O)c2c(C)cc(C)cc2C)n1. The first kappa shape index (κ1) is 15.7. The Hall–Kier alpha value is -1.66. The fraction of sp³-hybridized carbons (Fsp3) is 0.400. The summed E-state index contributed by atoms with van der Waals surface area (Å²) in [6, 6.07) is 5.58. The summed E-state index contributed by atoms with van der Waals surface area (Å²) in [5, 5.41) is 4.27. The summed E-state index contributed by atoms with van der Waals surface area (Å²) < 4.78 is 29.4. The summed E-state index contributed by atoms with van der Waals surface area (Å²) in [6.45, 7) is 8.55. The summed E-state index contributed by atoms with van der Waals surface area (Å²) >= 11 is 0. The first-order valence-corrected chi connectivity index (χ1v) is 8.41. The maximum atomic E-state index is 12.5. The van der Waals surface area contributed by atoms with Crippen molar-refractivity contribution in [3.8, 4) is 0 Å². The number of nitrogens with zero attached hydrogens (tertiary/aromatic N) is 2. The Kier molecular flexibility index (Phi) is 4.49. The lowest BCUT2D eigenvalue weighted by Crippen LogP contribution is -2.25. The molecule has 6 heteroatoms. The van der Waals surface area contributed by atoms with Gasteiger partial charge in [-0.2, -0.15) is 5.10 Å². The number of benzene rings is 1. The van der Waals surface area contributed by atoms with Gasteiger partial charge < -0.3 is 0 Å². The van der Waals surface area contributed by atoms with E-state index in [1.807, 2.05) is 52.1 Å². The molecule has 0 atom stereocenters. The summed E-state index contributed by atoms with van der Waals surface area (Å²) in [7, 11) is -3.53. The molecule has 0 bridgehead atoms. The third kappa shape index (κ3) is 3.51. The Morgan fingerprint density at radius 1 is 1.19 bits per heavy atom. The Balaban J connectivity index is 2.23. The Morgan fingerprint density at radius 2 is 1.81 bits per heavy atom. The molecule has 1 aromatic carbocycles. The smallest absolute Gasteiger partial charge is 0.241 e. The van der Waals surface area contributed by atoms with E-state index in [1.54, 1.807) is 4.68 Å². The van der Waals surface area contributed by atoms with Crippen molar-refractivity contribution in [3.05, 3.63) is 46.8 Å². The molecule has 0 spiro atoms. The molecule has 5 nitrogen and oxygen atoms in total. The van der Waals surface area contributed by atoms with Crippen LogP contribution in [0.1, 0.15) is 29.3 Å². The molecule has 0 fully saturated rings. The van der Waals surface area contributed by atoms with Crippen LogP contribution in [-0.2, 0) is 23.1 Å². The van der Waals surface area contributed by atoms with Gasteiger partial charge in [0.15, 0.2) is 0 Å². The maximum Gasteiger partial charge on any atom is 0.241 e. The summed E-state index contributed by atoms with van der Waals surface area (Å²) in [5.41, 5.74) is 3.30. The van der Waals surface area contributed by atoms with E-state index in [2.05, 4.69) is 9.82 Å². The van der Waals surface area contributed by atoms with E-state index in [4.69, 9.17) is 0 Å². The van der Waals surface area contributed by atoms with Gasteiger partial charge in [0.1, 0.15) is 0 Å². The second-order valence-corrected chi connectivity index (χ2v) is 6.92. The number of aromatic nitrogens is 2. The van der Waals surface area contributed by atoms with Gasteiger partial charge >= 0.3 is 0 Å². The van der Waals surface area contributed by atoms with Crippen LogP contribution in [0.2, 0.25) is 0 Å². The topological polar surface area (TPSA) is 64.0 Å². The predicted octanol–water partition coefficient (Wildman–Crippen LogP) is 2.31.